The molecule has 1 spiro atoms. The quantitative estimate of drug-likeness (QED) is 0.357. The lowest BCUT2D eigenvalue weighted by Gasteiger charge is -2.62. The van der Waals surface area contributed by atoms with E-state index in [1.54, 1.807) is 0 Å². The van der Waals surface area contributed by atoms with E-state index >= 15 is 0 Å². The van der Waals surface area contributed by atoms with Crippen LogP contribution in [0.4, 0.5) is 10.5 Å². The van der Waals surface area contributed by atoms with Crippen molar-refractivity contribution < 1.29 is 38.9 Å². The number of anilines is 1. The van der Waals surface area contributed by atoms with Gasteiger partial charge in [-0.2, -0.15) is 0 Å². The van der Waals surface area contributed by atoms with E-state index < -0.39 is 41.0 Å². The van der Waals surface area contributed by atoms with Crippen molar-refractivity contribution in [2.24, 2.45) is 0 Å². The number of aliphatic hydroxyl groups is 1. The Hall–Kier alpha value is -2.98. The van der Waals surface area contributed by atoms with Gasteiger partial charge in [-0.05, 0) is 45.3 Å². The van der Waals surface area contributed by atoms with E-state index in [1.165, 1.54) is 6.92 Å². The number of ether oxygens (including phenoxy) is 2. The summed E-state index contributed by atoms with van der Waals surface area (Å²) in [7, 11) is 1.88. The number of carbonyl (C=O) groups excluding carboxylic acids is 3. The van der Waals surface area contributed by atoms with E-state index in [2.05, 4.69) is 5.32 Å². The predicted octanol–water partition coefficient (Wildman–Crippen LogP) is 1.26. The third kappa shape index (κ3) is 2.36. The molecular weight excluding hydrogens is 420 g/mol. The number of ketones is 2. The Bertz CT molecular complexity index is 1110. The van der Waals surface area contributed by atoms with Crippen LogP contribution in [0.25, 0.3) is 0 Å². The van der Waals surface area contributed by atoms with E-state index in [4.69, 9.17) is 9.47 Å². The Morgan fingerprint density at radius 3 is 2.59 bits per heavy atom. The molecule has 2 aliphatic heterocycles. The molecule has 4 aliphatic rings. The van der Waals surface area contributed by atoms with Gasteiger partial charge in [0.1, 0.15) is 0 Å². The van der Waals surface area contributed by atoms with Crippen molar-refractivity contribution >= 4 is 29.3 Å². The minimum Gasteiger partial charge on any atom is -0.477 e. The summed E-state index contributed by atoms with van der Waals surface area (Å²) in [6.45, 7) is 3.00. The number of carbonyl (C=O) groups is 4. The number of amides is 1. The summed E-state index contributed by atoms with van der Waals surface area (Å²) in [5.41, 5.74) is -1.52. The maximum atomic E-state index is 13.0. The van der Waals surface area contributed by atoms with Crippen LogP contribution >= 0.6 is 0 Å². The summed E-state index contributed by atoms with van der Waals surface area (Å²) in [5, 5.41) is 23.9. The molecule has 10 heteroatoms. The van der Waals surface area contributed by atoms with Crippen molar-refractivity contribution in [1.29, 1.82) is 0 Å². The summed E-state index contributed by atoms with van der Waals surface area (Å²) in [6.07, 6.45) is -1.35. The van der Waals surface area contributed by atoms with Gasteiger partial charge < -0.3 is 24.6 Å². The number of Topliss-reactive ketones (excluding diaryl/α,β-unsaturated/α-hetero) is 2. The Kier molecular flexibility index (Phi) is 4.26. The monoisotopic (exact) mass is 444 g/mol. The van der Waals surface area contributed by atoms with Gasteiger partial charge in [0.25, 0.3) is 0 Å². The lowest BCUT2D eigenvalue weighted by molar-refractivity contribution is -0.185. The Morgan fingerprint density at radius 2 is 1.97 bits per heavy atom. The molecule has 1 aromatic rings. The second-order valence-corrected chi connectivity index (χ2v) is 9.15. The second-order valence-electron chi connectivity index (χ2n) is 9.15. The molecule has 0 aromatic heterocycles. The Balaban J connectivity index is 1.92. The van der Waals surface area contributed by atoms with E-state index in [1.807, 2.05) is 11.9 Å². The van der Waals surface area contributed by atoms with Crippen molar-refractivity contribution in [3.63, 3.8) is 0 Å². The molecule has 0 unspecified atom stereocenters. The van der Waals surface area contributed by atoms with Crippen LogP contribution in [-0.2, 0) is 21.4 Å². The summed E-state index contributed by atoms with van der Waals surface area (Å²) in [5.74, 6) is -1.54. The average molecular weight is 444 g/mol. The maximum Gasteiger partial charge on any atom is 0.409 e. The minimum absolute atomic E-state index is 0.0176. The molecule has 5 rings (SSSR count). The van der Waals surface area contributed by atoms with Gasteiger partial charge in [-0.3, -0.25) is 19.7 Å². The van der Waals surface area contributed by atoms with Gasteiger partial charge in [-0.25, -0.2) is 4.79 Å². The van der Waals surface area contributed by atoms with Crippen LogP contribution in [0.3, 0.4) is 0 Å². The highest BCUT2D eigenvalue weighted by Crippen LogP contribution is 2.66. The van der Waals surface area contributed by atoms with E-state index in [0.717, 1.165) is 6.92 Å². The summed E-state index contributed by atoms with van der Waals surface area (Å²) in [6, 6.07) is -0.400. The van der Waals surface area contributed by atoms with Crippen molar-refractivity contribution in [1.82, 2.24) is 4.90 Å². The molecule has 1 saturated heterocycles. The average Bonchev–Trinajstić information content (AvgIpc) is 3.03. The number of likely N-dealkylation sites (N-methyl/N-ethyl adjacent to an activating group) is 1. The van der Waals surface area contributed by atoms with Gasteiger partial charge in [0.05, 0.1) is 22.3 Å². The third-order valence-corrected chi connectivity index (χ3v) is 7.63. The van der Waals surface area contributed by atoms with E-state index in [0.29, 0.717) is 24.1 Å². The van der Waals surface area contributed by atoms with Gasteiger partial charge in [-0.1, -0.05) is 0 Å². The molecular formula is C22H24N2O8. The first-order valence-corrected chi connectivity index (χ1v) is 10.6. The van der Waals surface area contributed by atoms with Crippen LogP contribution in [-0.4, -0.2) is 70.1 Å². The smallest absolute Gasteiger partial charge is 0.409 e. The molecule has 32 heavy (non-hydrogen) atoms. The minimum atomic E-state index is -1.38. The number of piperidine rings is 1. The number of likely N-dealkylation sites (tertiary alicyclic amines) is 1. The predicted molar refractivity (Wildman–Crippen MR) is 109 cm³/mol. The number of rotatable bonds is 3. The zero-order valence-corrected chi connectivity index (χ0v) is 18.0. The molecule has 1 saturated carbocycles. The van der Waals surface area contributed by atoms with Gasteiger partial charge >= 0.3 is 12.1 Å². The van der Waals surface area contributed by atoms with Gasteiger partial charge in [-0.15, -0.1) is 0 Å². The van der Waals surface area contributed by atoms with Crippen LogP contribution in [0.15, 0.2) is 0 Å². The highest BCUT2D eigenvalue weighted by atomic mass is 16.6. The largest absolute Gasteiger partial charge is 0.477 e. The fourth-order valence-electron chi connectivity index (χ4n) is 6.49. The highest BCUT2D eigenvalue weighted by molar-refractivity contribution is 6.08. The molecule has 2 fully saturated rings. The van der Waals surface area contributed by atoms with Crippen molar-refractivity contribution in [2.45, 2.75) is 62.7 Å². The first kappa shape index (κ1) is 20.9. The molecule has 2 bridgehead atoms. The number of hydrogen-bond donors (Lipinski definition) is 3. The molecule has 0 radical (unpaired) electrons. The Labute approximate surface area is 183 Å². The molecule has 170 valence electrons. The van der Waals surface area contributed by atoms with Crippen LogP contribution < -0.4 is 14.8 Å². The van der Waals surface area contributed by atoms with Gasteiger partial charge in [0.2, 0.25) is 0 Å². The number of esters is 1. The zero-order valence-electron chi connectivity index (χ0n) is 18.0. The molecule has 10 nitrogen and oxygen atoms in total. The first-order chi connectivity index (χ1) is 15.0. The van der Waals surface area contributed by atoms with Crippen molar-refractivity contribution in [2.75, 3.05) is 18.9 Å². The summed E-state index contributed by atoms with van der Waals surface area (Å²) in [4.78, 5) is 51.3. The fraction of sp³-hybridized carbons (Fsp3) is 0.545. The number of hydrogen-bond acceptors (Lipinski definition) is 8. The standard InChI is InChI=1S/C22H24N2O8/c1-9(25)14-16(23-20(28)29)11-8-13-22(30)5-4-12(27)19-21(22,6-7-24(13)3)15(11)18(32-19)17(14)31-10(2)26/h13,19,23,30H,4-8H2,1-3H3,(H,28,29)/t13-,19+,21+,22-/m1/s1. The summed E-state index contributed by atoms with van der Waals surface area (Å²) >= 11 is 0. The normalized spacial score (nSPS) is 32.1. The second kappa shape index (κ2) is 6.52. The highest BCUT2D eigenvalue weighted by Gasteiger charge is 2.73. The number of benzene rings is 1. The van der Waals surface area contributed by atoms with Crippen LogP contribution in [0.2, 0.25) is 0 Å². The van der Waals surface area contributed by atoms with E-state index in [-0.39, 0.29) is 47.8 Å². The molecule has 3 N–H and O–H groups in total. The zero-order chi connectivity index (χ0) is 23.2. The third-order valence-electron chi connectivity index (χ3n) is 7.63. The first-order valence-electron chi connectivity index (χ1n) is 10.6. The Morgan fingerprint density at radius 1 is 1.25 bits per heavy atom. The molecule has 1 aromatic carbocycles. The lowest BCUT2D eigenvalue weighted by Crippen LogP contribution is -2.76. The fourth-order valence-corrected chi connectivity index (χ4v) is 6.49. The van der Waals surface area contributed by atoms with Crippen molar-refractivity contribution in [3.8, 4) is 11.5 Å². The number of nitrogens with zero attached hydrogens (tertiary/aromatic N) is 1. The van der Waals surface area contributed by atoms with Gasteiger partial charge in [0, 0.05) is 24.9 Å². The molecule has 2 aliphatic carbocycles. The molecule has 1 amide bonds. The SMILES string of the molecule is CC(=O)Oc1c2c3c(c(NC(=O)O)c1C(C)=O)C[C@H]1N(C)CC[C@@]34[C@@H](O2)C(=O)CC[C@@]14O. The molecule has 2 heterocycles. The van der Waals surface area contributed by atoms with E-state index in [9.17, 15) is 29.4 Å². The lowest BCUT2D eigenvalue weighted by atomic mass is 9.49. The van der Waals surface area contributed by atoms with Crippen LogP contribution in [0.1, 0.15) is 54.6 Å². The topological polar surface area (TPSA) is 142 Å². The molecule has 4 atom stereocenters. The summed E-state index contributed by atoms with van der Waals surface area (Å²) < 4.78 is 11.5. The maximum absolute atomic E-state index is 13.0. The van der Waals surface area contributed by atoms with Crippen LogP contribution in [0.5, 0.6) is 11.5 Å². The van der Waals surface area contributed by atoms with Crippen molar-refractivity contribution in [3.05, 3.63) is 16.7 Å². The van der Waals surface area contributed by atoms with Crippen LogP contribution in [0, 0.1) is 0 Å². The van der Waals surface area contributed by atoms with Gasteiger partial charge in [0.15, 0.2) is 29.2 Å². The number of carboxylic acid groups (broad SMARTS) is 1. The number of nitrogens with one attached hydrogen (secondary N) is 1.